The zero-order valence-electron chi connectivity index (χ0n) is 8.96. The molecule has 0 aliphatic carbocycles. The predicted octanol–water partition coefficient (Wildman–Crippen LogP) is 2.88. The number of imidazole rings is 1. The van der Waals surface area contributed by atoms with Crippen LogP contribution >= 0.6 is 15.9 Å². The second-order valence-electron chi connectivity index (χ2n) is 3.58. The highest BCUT2D eigenvalue weighted by Gasteiger charge is 2.14. The zero-order valence-corrected chi connectivity index (χ0v) is 10.5. The molecule has 5 heteroatoms. The van der Waals surface area contributed by atoms with Gasteiger partial charge in [0.2, 0.25) is 0 Å². The number of rotatable bonds is 1. The largest absolute Gasteiger partial charge is 0.383 e. The van der Waals surface area contributed by atoms with Gasteiger partial charge in [-0.05, 0) is 25.1 Å². The molecule has 1 aromatic heterocycles. The molecular formula is C11H11BrFN3. The molecule has 0 spiro atoms. The summed E-state index contributed by atoms with van der Waals surface area (Å²) in [6, 6.07) is 4.45. The molecule has 1 aromatic carbocycles. The number of nitrogens with zero attached hydrogens (tertiary/aromatic N) is 2. The van der Waals surface area contributed by atoms with Gasteiger partial charge in [0.15, 0.2) is 0 Å². The summed E-state index contributed by atoms with van der Waals surface area (Å²) in [7, 11) is 1.83. The Labute approximate surface area is 101 Å². The van der Waals surface area contributed by atoms with Crippen LogP contribution in [0.25, 0.3) is 11.3 Å². The first-order valence-electron chi connectivity index (χ1n) is 4.75. The topological polar surface area (TPSA) is 43.8 Å². The van der Waals surface area contributed by atoms with Crippen LogP contribution in [0, 0.1) is 12.7 Å². The Morgan fingerprint density at radius 1 is 1.44 bits per heavy atom. The number of benzene rings is 1. The summed E-state index contributed by atoms with van der Waals surface area (Å²) >= 11 is 3.36. The van der Waals surface area contributed by atoms with E-state index in [0.29, 0.717) is 17.1 Å². The third-order valence-electron chi connectivity index (χ3n) is 2.55. The fraction of sp³-hybridized carbons (Fsp3) is 0.182. The first-order chi connectivity index (χ1) is 7.50. The van der Waals surface area contributed by atoms with Gasteiger partial charge in [0, 0.05) is 17.1 Å². The monoisotopic (exact) mass is 283 g/mol. The molecular weight excluding hydrogens is 273 g/mol. The van der Waals surface area contributed by atoms with E-state index in [1.54, 1.807) is 10.6 Å². The van der Waals surface area contributed by atoms with Crippen molar-refractivity contribution in [2.45, 2.75) is 6.92 Å². The van der Waals surface area contributed by atoms with Crippen molar-refractivity contribution >= 4 is 21.7 Å². The first-order valence-corrected chi connectivity index (χ1v) is 5.54. The van der Waals surface area contributed by atoms with E-state index in [1.807, 2.05) is 14.0 Å². The predicted molar refractivity (Wildman–Crippen MR) is 65.5 cm³/mol. The molecule has 0 aliphatic rings. The van der Waals surface area contributed by atoms with Crippen molar-refractivity contribution in [1.29, 1.82) is 0 Å². The summed E-state index contributed by atoms with van der Waals surface area (Å²) in [6.45, 7) is 1.85. The van der Waals surface area contributed by atoms with Gasteiger partial charge >= 0.3 is 0 Å². The number of hydrogen-bond acceptors (Lipinski definition) is 2. The number of hydrogen-bond donors (Lipinski definition) is 1. The normalized spacial score (nSPS) is 10.8. The second kappa shape index (κ2) is 3.90. The third-order valence-corrected chi connectivity index (χ3v) is 3.24. The standard InChI is InChI=1S/C11H11BrFN3/c1-6-15-10(11(14)16(6)2)8-5-7(13)3-4-9(8)12/h3-5H,14H2,1-2H3. The smallest absolute Gasteiger partial charge is 0.131 e. The van der Waals surface area contributed by atoms with Crippen LogP contribution < -0.4 is 5.73 Å². The van der Waals surface area contributed by atoms with Crippen molar-refractivity contribution in [3.8, 4) is 11.3 Å². The minimum absolute atomic E-state index is 0.305. The summed E-state index contributed by atoms with van der Waals surface area (Å²) in [5, 5.41) is 0. The molecule has 2 aromatic rings. The van der Waals surface area contributed by atoms with E-state index < -0.39 is 0 Å². The average Bonchev–Trinajstić information content (AvgIpc) is 2.50. The molecule has 0 unspecified atom stereocenters. The minimum Gasteiger partial charge on any atom is -0.383 e. The molecule has 0 saturated carbocycles. The number of aryl methyl sites for hydroxylation is 1. The second-order valence-corrected chi connectivity index (χ2v) is 4.43. The summed E-state index contributed by atoms with van der Waals surface area (Å²) in [5.74, 6) is 1.02. The van der Waals surface area contributed by atoms with Crippen molar-refractivity contribution in [1.82, 2.24) is 9.55 Å². The summed E-state index contributed by atoms with van der Waals surface area (Å²) in [6.07, 6.45) is 0. The molecule has 0 bridgehead atoms. The Morgan fingerprint density at radius 3 is 2.69 bits per heavy atom. The van der Waals surface area contributed by atoms with Gasteiger partial charge in [0.25, 0.3) is 0 Å². The molecule has 0 amide bonds. The van der Waals surface area contributed by atoms with E-state index in [4.69, 9.17) is 5.73 Å². The average molecular weight is 284 g/mol. The molecule has 1 heterocycles. The van der Waals surface area contributed by atoms with Gasteiger partial charge in [-0.2, -0.15) is 0 Å². The minimum atomic E-state index is -0.305. The van der Waals surface area contributed by atoms with Crippen LogP contribution in [0.4, 0.5) is 10.2 Å². The SMILES string of the molecule is Cc1nc(-c2cc(F)ccc2Br)c(N)n1C. The van der Waals surface area contributed by atoms with Crippen LogP contribution in [-0.2, 0) is 7.05 Å². The maximum absolute atomic E-state index is 13.2. The molecule has 0 atom stereocenters. The highest BCUT2D eigenvalue weighted by Crippen LogP contribution is 2.32. The summed E-state index contributed by atoms with van der Waals surface area (Å²) < 4.78 is 15.7. The highest BCUT2D eigenvalue weighted by atomic mass is 79.9. The number of aromatic nitrogens is 2. The molecule has 84 valence electrons. The van der Waals surface area contributed by atoms with Gasteiger partial charge in [-0.3, -0.25) is 0 Å². The van der Waals surface area contributed by atoms with Crippen LogP contribution in [0.5, 0.6) is 0 Å². The molecule has 2 N–H and O–H groups in total. The van der Waals surface area contributed by atoms with Crippen LogP contribution in [0.3, 0.4) is 0 Å². The Balaban J connectivity index is 2.67. The maximum Gasteiger partial charge on any atom is 0.131 e. The number of nitrogens with two attached hydrogens (primary N) is 1. The molecule has 16 heavy (non-hydrogen) atoms. The van der Waals surface area contributed by atoms with Gasteiger partial charge in [0.1, 0.15) is 23.2 Å². The van der Waals surface area contributed by atoms with Crippen LogP contribution in [-0.4, -0.2) is 9.55 Å². The molecule has 2 rings (SSSR count). The Morgan fingerprint density at radius 2 is 2.12 bits per heavy atom. The summed E-state index contributed by atoms with van der Waals surface area (Å²) in [5.41, 5.74) is 7.18. The van der Waals surface area contributed by atoms with Crippen LogP contribution in [0.1, 0.15) is 5.82 Å². The fourth-order valence-electron chi connectivity index (χ4n) is 1.50. The van der Waals surface area contributed by atoms with Gasteiger partial charge in [-0.15, -0.1) is 0 Å². The van der Waals surface area contributed by atoms with Gasteiger partial charge < -0.3 is 10.3 Å². The maximum atomic E-state index is 13.2. The van der Waals surface area contributed by atoms with E-state index >= 15 is 0 Å². The van der Waals surface area contributed by atoms with Gasteiger partial charge in [-0.25, -0.2) is 9.37 Å². The molecule has 0 saturated heterocycles. The molecule has 0 fully saturated rings. The van der Waals surface area contributed by atoms with E-state index in [-0.39, 0.29) is 5.82 Å². The third kappa shape index (κ3) is 1.71. The van der Waals surface area contributed by atoms with Gasteiger partial charge in [-0.1, -0.05) is 15.9 Å². The molecule has 0 aliphatic heterocycles. The van der Waals surface area contributed by atoms with Crippen molar-refractivity contribution in [3.05, 3.63) is 34.3 Å². The highest BCUT2D eigenvalue weighted by molar-refractivity contribution is 9.10. The number of anilines is 1. The first kappa shape index (κ1) is 11.1. The van der Waals surface area contributed by atoms with Gasteiger partial charge in [0.05, 0.1) is 0 Å². The number of nitrogen functional groups attached to an aromatic ring is 1. The van der Waals surface area contributed by atoms with E-state index in [2.05, 4.69) is 20.9 Å². The summed E-state index contributed by atoms with van der Waals surface area (Å²) in [4.78, 5) is 4.32. The lowest BCUT2D eigenvalue weighted by Gasteiger charge is -2.03. The van der Waals surface area contributed by atoms with Crippen molar-refractivity contribution < 1.29 is 4.39 Å². The molecule has 3 nitrogen and oxygen atoms in total. The van der Waals surface area contributed by atoms with E-state index in [9.17, 15) is 4.39 Å². The number of halogens is 2. The Kier molecular flexibility index (Phi) is 2.71. The van der Waals surface area contributed by atoms with Crippen molar-refractivity contribution in [2.75, 3.05) is 5.73 Å². The molecule has 0 radical (unpaired) electrons. The van der Waals surface area contributed by atoms with E-state index in [0.717, 1.165) is 10.3 Å². The zero-order chi connectivity index (χ0) is 11.9. The quantitative estimate of drug-likeness (QED) is 0.875. The van der Waals surface area contributed by atoms with E-state index in [1.165, 1.54) is 12.1 Å². The van der Waals surface area contributed by atoms with Crippen LogP contribution in [0.2, 0.25) is 0 Å². The van der Waals surface area contributed by atoms with Crippen LogP contribution in [0.15, 0.2) is 22.7 Å². The lowest BCUT2D eigenvalue weighted by Crippen LogP contribution is -1.98. The lowest BCUT2D eigenvalue weighted by molar-refractivity contribution is 0.628. The fourth-order valence-corrected chi connectivity index (χ4v) is 1.94. The van der Waals surface area contributed by atoms with Crippen molar-refractivity contribution in [2.24, 2.45) is 7.05 Å². The Bertz CT molecular complexity index is 548. The lowest BCUT2D eigenvalue weighted by atomic mass is 10.1. The Hall–Kier alpha value is -1.36. The van der Waals surface area contributed by atoms with Crippen molar-refractivity contribution in [3.63, 3.8) is 0 Å².